The van der Waals surface area contributed by atoms with Crippen LogP contribution in [0, 0.1) is 23.2 Å². The lowest BCUT2D eigenvalue weighted by Crippen LogP contribution is -2.22. The third-order valence-electron chi connectivity index (χ3n) is 3.38. The Kier molecular flexibility index (Phi) is 6.49. The molecule has 1 aliphatic rings. The minimum Gasteiger partial charge on any atom is -0.377 e. The van der Waals surface area contributed by atoms with E-state index in [9.17, 15) is 0 Å². The Labute approximate surface area is 100.0 Å². The van der Waals surface area contributed by atoms with E-state index < -0.39 is 0 Å². The molecule has 92 valence electrons. The lowest BCUT2D eigenvalue weighted by Gasteiger charge is -2.20. The molecule has 0 saturated heterocycles. The zero-order valence-electron chi connectivity index (χ0n) is 10.7. The Hall–Kier alpha value is -0.550. The van der Waals surface area contributed by atoms with E-state index in [1.165, 1.54) is 25.7 Å². The summed E-state index contributed by atoms with van der Waals surface area (Å²) in [7, 11) is 0. The normalized spacial score (nSPS) is 26.4. The fourth-order valence-corrected chi connectivity index (χ4v) is 2.35. The molecule has 2 unspecified atom stereocenters. The van der Waals surface area contributed by atoms with Crippen LogP contribution in [0.4, 0.5) is 0 Å². The fraction of sp³-hybridized carbons (Fsp3) is 0.929. The molecule has 0 heterocycles. The van der Waals surface area contributed by atoms with E-state index in [1.54, 1.807) is 0 Å². The molecule has 16 heavy (non-hydrogen) atoms. The summed E-state index contributed by atoms with van der Waals surface area (Å²) >= 11 is 0. The summed E-state index contributed by atoms with van der Waals surface area (Å²) in [6.45, 7) is 5.31. The summed E-state index contributed by atoms with van der Waals surface area (Å²) in [6, 6.07) is 2.42. The predicted octanol–water partition coefficient (Wildman–Crippen LogP) is 3.91. The van der Waals surface area contributed by atoms with E-state index in [1.807, 2.05) is 0 Å². The number of hydrogen-bond donors (Lipinski definition) is 0. The first-order valence-corrected chi connectivity index (χ1v) is 6.75. The zero-order valence-corrected chi connectivity index (χ0v) is 10.7. The van der Waals surface area contributed by atoms with Crippen molar-refractivity contribution in [1.29, 1.82) is 5.26 Å². The smallest absolute Gasteiger partial charge is 0.0733 e. The van der Waals surface area contributed by atoms with Gasteiger partial charge in [0, 0.05) is 6.61 Å². The van der Waals surface area contributed by atoms with Crippen LogP contribution in [0.15, 0.2) is 0 Å². The first-order valence-electron chi connectivity index (χ1n) is 6.75. The molecule has 0 aromatic rings. The van der Waals surface area contributed by atoms with Crippen molar-refractivity contribution < 1.29 is 4.74 Å². The third-order valence-corrected chi connectivity index (χ3v) is 3.38. The number of rotatable bonds is 5. The van der Waals surface area contributed by atoms with E-state index in [0.29, 0.717) is 0 Å². The Morgan fingerprint density at radius 3 is 2.69 bits per heavy atom. The Morgan fingerprint density at radius 1 is 1.25 bits per heavy atom. The summed E-state index contributed by atoms with van der Waals surface area (Å²) in [5.74, 6) is 0.894. The van der Waals surface area contributed by atoms with Crippen molar-refractivity contribution in [3.8, 4) is 6.07 Å². The highest BCUT2D eigenvalue weighted by molar-refractivity contribution is 4.90. The van der Waals surface area contributed by atoms with Gasteiger partial charge in [-0.25, -0.2) is 0 Å². The number of hydrogen-bond acceptors (Lipinski definition) is 2. The van der Waals surface area contributed by atoms with Gasteiger partial charge in [-0.1, -0.05) is 33.1 Å². The van der Waals surface area contributed by atoms with E-state index in [0.717, 1.165) is 31.8 Å². The molecule has 0 spiro atoms. The van der Waals surface area contributed by atoms with Crippen LogP contribution in [0.3, 0.4) is 0 Å². The highest BCUT2D eigenvalue weighted by atomic mass is 16.5. The van der Waals surface area contributed by atoms with Gasteiger partial charge in [0.05, 0.1) is 18.1 Å². The van der Waals surface area contributed by atoms with Gasteiger partial charge in [0.1, 0.15) is 0 Å². The van der Waals surface area contributed by atoms with Gasteiger partial charge in [0.25, 0.3) is 0 Å². The Morgan fingerprint density at radius 2 is 2.00 bits per heavy atom. The molecular weight excluding hydrogens is 198 g/mol. The first kappa shape index (κ1) is 13.5. The van der Waals surface area contributed by atoms with Gasteiger partial charge >= 0.3 is 0 Å². The van der Waals surface area contributed by atoms with Crippen LogP contribution in [0.25, 0.3) is 0 Å². The van der Waals surface area contributed by atoms with Crippen LogP contribution < -0.4 is 0 Å². The average Bonchev–Trinajstić information content (AvgIpc) is 2.48. The highest BCUT2D eigenvalue weighted by Crippen LogP contribution is 2.25. The standard InChI is InChI=1S/C14H25NO/c1-12(2)7-6-10-16-14-9-5-3-4-8-13(14)11-15/h12-14H,3-10H2,1-2H3. The van der Waals surface area contributed by atoms with Gasteiger partial charge in [-0.05, 0) is 31.6 Å². The fourth-order valence-electron chi connectivity index (χ4n) is 2.35. The molecule has 0 aromatic carbocycles. The van der Waals surface area contributed by atoms with Crippen molar-refractivity contribution in [1.82, 2.24) is 0 Å². The monoisotopic (exact) mass is 223 g/mol. The average molecular weight is 223 g/mol. The molecule has 2 nitrogen and oxygen atoms in total. The first-order chi connectivity index (χ1) is 7.74. The summed E-state index contributed by atoms with van der Waals surface area (Å²) in [6.07, 6.45) is 8.38. The van der Waals surface area contributed by atoms with Gasteiger partial charge in [-0.3, -0.25) is 0 Å². The van der Waals surface area contributed by atoms with Crippen LogP contribution in [0.2, 0.25) is 0 Å². The molecule has 0 aromatic heterocycles. The topological polar surface area (TPSA) is 33.0 Å². The maximum absolute atomic E-state index is 9.10. The SMILES string of the molecule is CC(C)CCCOC1CCCCCC1C#N. The van der Waals surface area contributed by atoms with Gasteiger partial charge in [0.2, 0.25) is 0 Å². The third kappa shape index (κ3) is 4.99. The molecule has 1 saturated carbocycles. The van der Waals surface area contributed by atoms with Gasteiger partial charge in [0.15, 0.2) is 0 Å². The van der Waals surface area contributed by atoms with E-state index >= 15 is 0 Å². The van der Waals surface area contributed by atoms with E-state index in [-0.39, 0.29) is 12.0 Å². The molecule has 0 radical (unpaired) electrons. The number of nitrogens with zero attached hydrogens (tertiary/aromatic N) is 1. The van der Waals surface area contributed by atoms with Crippen molar-refractivity contribution in [3.05, 3.63) is 0 Å². The maximum Gasteiger partial charge on any atom is 0.0733 e. The number of nitriles is 1. The quantitative estimate of drug-likeness (QED) is 0.523. The molecular formula is C14H25NO. The summed E-state index contributed by atoms with van der Waals surface area (Å²) < 4.78 is 5.89. The summed E-state index contributed by atoms with van der Waals surface area (Å²) in [4.78, 5) is 0. The molecule has 0 bridgehead atoms. The Balaban J connectivity index is 2.24. The van der Waals surface area contributed by atoms with Gasteiger partial charge in [-0.2, -0.15) is 5.26 Å². The molecule has 1 fully saturated rings. The molecule has 0 amide bonds. The lowest BCUT2D eigenvalue weighted by atomic mass is 9.99. The van der Waals surface area contributed by atoms with E-state index in [4.69, 9.17) is 10.00 Å². The van der Waals surface area contributed by atoms with Crippen LogP contribution in [0.1, 0.15) is 58.8 Å². The van der Waals surface area contributed by atoms with Crippen molar-refractivity contribution in [2.45, 2.75) is 64.9 Å². The maximum atomic E-state index is 9.10. The van der Waals surface area contributed by atoms with Gasteiger partial charge < -0.3 is 4.74 Å². The molecule has 0 aliphatic heterocycles. The van der Waals surface area contributed by atoms with Crippen molar-refractivity contribution in [2.24, 2.45) is 11.8 Å². The summed E-state index contributed by atoms with van der Waals surface area (Å²) in [5.41, 5.74) is 0. The second-order valence-electron chi connectivity index (χ2n) is 5.32. The minimum atomic E-state index is 0.140. The predicted molar refractivity (Wildman–Crippen MR) is 66.0 cm³/mol. The second kappa shape index (κ2) is 7.68. The largest absolute Gasteiger partial charge is 0.377 e. The molecule has 0 N–H and O–H groups in total. The minimum absolute atomic E-state index is 0.140. The van der Waals surface area contributed by atoms with Gasteiger partial charge in [-0.15, -0.1) is 0 Å². The summed E-state index contributed by atoms with van der Waals surface area (Å²) in [5, 5.41) is 9.10. The second-order valence-corrected chi connectivity index (χ2v) is 5.32. The van der Waals surface area contributed by atoms with Crippen molar-refractivity contribution in [2.75, 3.05) is 6.61 Å². The molecule has 2 heteroatoms. The molecule has 1 rings (SSSR count). The van der Waals surface area contributed by atoms with Crippen LogP contribution >= 0.6 is 0 Å². The van der Waals surface area contributed by atoms with Crippen LogP contribution in [-0.4, -0.2) is 12.7 Å². The Bertz CT molecular complexity index is 219. The van der Waals surface area contributed by atoms with Crippen molar-refractivity contribution in [3.63, 3.8) is 0 Å². The van der Waals surface area contributed by atoms with Crippen LogP contribution in [0.5, 0.6) is 0 Å². The molecule has 1 aliphatic carbocycles. The highest BCUT2D eigenvalue weighted by Gasteiger charge is 2.23. The number of ether oxygens (including phenoxy) is 1. The van der Waals surface area contributed by atoms with E-state index in [2.05, 4.69) is 19.9 Å². The molecule has 2 atom stereocenters. The van der Waals surface area contributed by atoms with Crippen LogP contribution in [-0.2, 0) is 4.74 Å². The van der Waals surface area contributed by atoms with Crippen molar-refractivity contribution >= 4 is 0 Å². The lowest BCUT2D eigenvalue weighted by molar-refractivity contribution is 0.0202. The zero-order chi connectivity index (χ0) is 11.8.